The summed E-state index contributed by atoms with van der Waals surface area (Å²) in [5.74, 6) is 0.550. The van der Waals surface area contributed by atoms with Crippen molar-refractivity contribution in [1.29, 1.82) is 0 Å². The third-order valence-electron chi connectivity index (χ3n) is 4.15. The van der Waals surface area contributed by atoms with Gasteiger partial charge in [-0.05, 0) is 31.2 Å². The summed E-state index contributed by atoms with van der Waals surface area (Å²) in [5.41, 5.74) is 8.86. The van der Waals surface area contributed by atoms with Gasteiger partial charge in [0.05, 0.1) is 4.92 Å². The molecule has 108 valence electrons. The summed E-state index contributed by atoms with van der Waals surface area (Å²) < 4.78 is 0. The molecule has 0 aliphatic heterocycles. The number of nitro groups is 1. The highest BCUT2D eigenvalue weighted by atomic mass is 16.6. The van der Waals surface area contributed by atoms with E-state index in [9.17, 15) is 10.1 Å². The second-order valence-electron chi connectivity index (χ2n) is 5.56. The van der Waals surface area contributed by atoms with Crippen molar-refractivity contribution in [2.24, 2.45) is 11.7 Å². The number of nitro benzene ring substituents is 1. The van der Waals surface area contributed by atoms with Crippen LogP contribution in [0.2, 0.25) is 0 Å². The van der Waals surface area contributed by atoms with E-state index in [1.54, 1.807) is 19.1 Å². The second kappa shape index (κ2) is 6.66. The molecule has 1 fully saturated rings. The van der Waals surface area contributed by atoms with Crippen LogP contribution < -0.4 is 5.73 Å². The monoisotopic (exact) mass is 274 g/mol. The van der Waals surface area contributed by atoms with Crippen LogP contribution in [0, 0.1) is 23.0 Å². The molecule has 1 aromatic rings. The van der Waals surface area contributed by atoms with Gasteiger partial charge in [0, 0.05) is 18.2 Å². The molecule has 0 spiro atoms. The molecule has 0 unspecified atom stereocenters. The molecule has 0 bridgehead atoms. The lowest BCUT2D eigenvalue weighted by Crippen LogP contribution is -2.16. The van der Waals surface area contributed by atoms with E-state index in [1.165, 1.54) is 37.7 Å². The van der Waals surface area contributed by atoms with Gasteiger partial charge in [0.25, 0.3) is 5.69 Å². The third-order valence-corrected chi connectivity index (χ3v) is 4.15. The predicted molar refractivity (Wildman–Crippen MR) is 81.4 cm³/mol. The number of rotatable bonds is 4. The van der Waals surface area contributed by atoms with Crippen molar-refractivity contribution in [2.75, 3.05) is 6.54 Å². The van der Waals surface area contributed by atoms with Gasteiger partial charge in [-0.1, -0.05) is 43.0 Å². The number of benzene rings is 1. The van der Waals surface area contributed by atoms with Crippen molar-refractivity contribution in [1.82, 2.24) is 0 Å². The van der Waals surface area contributed by atoms with Crippen molar-refractivity contribution >= 4 is 11.8 Å². The van der Waals surface area contributed by atoms with Crippen molar-refractivity contribution in [2.45, 2.75) is 39.0 Å². The highest BCUT2D eigenvalue weighted by Crippen LogP contribution is 2.31. The summed E-state index contributed by atoms with van der Waals surface area (Å²) in [6.07, 6.45) is 8.26. The molecule has 0 heterocycles. The molecule has 1 aliphatic rings. The maximum absolute atomic E-state index is 11.0. The largest absolute Gasteiger partial charge is 0.327 e. The van der Waals surface area contributed by atoms with E-state index >= 15 is 0 Å². The van der Waals surface area contributed by atoms with Crippen molar-refractivity contribution in [3.8, 4) is 0 Å². The molecule has 4 heteroatoms. The van der Waals surface area contributed by atoms with Crippen LogP contribution in [0.1, 0.15) is 43.2 Å². The molecule has 1 aliphatic carbocycles. The maximum Gasteiger partial charge on any atom is 0.272 e. The number of aryl methyl sites for hydroxylation is 1. The fourth-order valence-corrected chi connectivity index (χ4v) is 2.94. The van der Waals surface area contributed by atoms with Crippen LogP contribution in [0.15, 0.2) is 23.8 Å². The number of nitrogens with two attached hydrogens (primary N) is 1. The van der Waals surface area contributed by atoms with E-state index in [0.29, 0.717) is 18.0 Å². The zero-order chi connectivity index (χ0) is 14.5. The first-order chi connectivity index (χ1) is 9.61. The summed E-state index contributed by atoms with van der Waals surface area (Å²) in [5, 5.41) is 11.0. The molecule has 1 saturated carbocycles. The van der Waals surface area contributed by atoms with Gasteiger partial charge < -0.3 is 5.73 Å². The molecule has 0 amide bonds. The summed E-state index contributed by atoms with van der Waals surface area (Å²) in [6, 6.07) is 5.38. The van der Waals surface area contributed by atoms with E-state index in [-0.39, 0.29) is 10.6 Å². The van der Waals surface area contributed by atoms with Gasteiger partial charge in [-0.25, -0.2) is 0 Å². The van der Waals surface area contributed by atoms with Crippen molar-refractivity contribution in [3.63, 3.8) is 0 Å². The molecule has 1 aromatic carbocycles. The standard InChI is InChI=1S/C16H22N2O2/c1-12-7-8-13(10-16(12)18(19)20)9-15(11-17)14-5-3-2-4-6-14/h7-10,14H,2-6,11,17H2,1H3/b15-9-. The van der Waals surface area contributed by atoms with Crippen LogP contribution in [0.5, 0.6) is 0 Å². The number of hydrogen-bond acceptors (Lipinski definition) is 3. The Morgan fingerprint density at radius 3 is 2.70 bits per heavy atom. The van der Waals surface area contributed by atoms with Gasteiger partial charge in [0.1, 0.15) is 0 Å². The van der Waals surface area contributed by atoms with Crippen LogP contribution in [-0.4, -0.2) is 11.5 Å². The normalized spacial score (nSPS) is 17.2. The Kier molecular flexibility index (Phi) is 4.90. The Hall–Kier alpha value is -1.68. The summed E-state index contributed by atoms with van der Waals surface area (Å²) in [4.78, 5) is 10.7. The zero-order valence-corrected chi connectivity index (χ0v) is 12.0. The van der Waals surface area contributed by atoms with Gasteiger partial charge in [0.15, 0.2) is 0 Å². The number of nitrogens with zero attached hydrogens (tertiary/aromatic N) is 1. The molecular weight excluding hydrogens is 252 g/mol. The first kappa shape index (κ1) is 14.7. The second-order valence-corrected chi connectivity index (χ2v) is 5.56. The maximum atomic E-state index is 11.0. The Balaban J connectivity index is 2.27. The van der Waals surface area contributed by atoms with Crippen LogP contribution in [0.25, 0.3) is 6.08 Å². The zero-order valence-electron chi connectivity index (χ0n) is 12.0. The van der Waals surface area contributed by atoms with Gasteiger partial charge in [-0.2, -0.15) is 0 Å². The van der Waals surface area contributed by atoms with Crippen LogP contribution in [-0.2, 0) is 0 Å². The molecule has 0 radical (unpaired) electrons. The van der Waals surface area contributed by atoms with E-state index < -0.39 is 0 Å². The Labute approximate surface area is 119 Å². The SMILES string of the molecule is Cc1ccc(/C=C(/CN)C2CCCCC2)cc1[N+](=O)[O-]. The van der Waals surface area contributed by atoms with E-state index in [2.05, 4.69) is 0 Å². The Morgan fingerprint density at radius 1 is 1.40 bits per heavy atom. The molecular formula is C16H22N2O2. The third kappa shape index (κ3) is 3.45. The minimum Gasteiger partial charge on any atom is -0.327 e. The minimum absolute atomic E-state index is 0.179. The fourth-order valence-electron chi connectivity index (χ4n) is 2.94. The van der Waals surface area contributed by atoms with Crippen LogP contribution in [0.4, 0.5) is 5.69 Å². The van der Waals surface area contributed by atoms with Crippen molar-refractivity contribution in [3.05, 3.63) is 45.0 Å². The van der Waals surface area contributed by atoms with E-state index in [1.807, 2.05) is 12.1 Å². The topological polar surface area (TPSA) is 69.2 Å². The molecule has 0 saturated heterocycles. The lowest BCUT2D eigenvalue weighted by molar-refractivity contribution is -0.385. The van der Waals surface area contributed by atoms with E-state index in [0.717, 1.165) is 5.56 Å². The lowest BCUT2D eigenvalue weighted by atomic mass is 9.83. The summed E-state index contributed by atoms with van der Waals surface area (Å²) in [6.45, 7) is 2.29. The predicted octanol–water partition coefficient (Wildman–Crippen LogP) is 3.83. The molecule has 2 N–H and O–H groups in total. The minimum atomic E-state index is -0.324. The Morgan fingerprint density at radius 2 is 2.10 bits per heavy atom. The Bertz CT molecular complexity index is 517. The summed E-state index contributed by atoms with van der Waals surface area (Å²) >= 11 is 0. The van der Waals surface area contributed by atoms with Gasteiger partial charge in [-0.3, -0.25) is 10.1 Å². The number of hydrogen-bond donors (Lipinski definition) is 1. The van der Waals surface area contributed by atoms with Gasteiger partial charge in [0.2, 0.25) is 0 Å². The van der Waals surface area contributed by atoms with Crippen molar-refractivity contribution < 1.29 is 4.92 Å². The molecule has 2 rings (SSSR count). The van der Waals surface area contributed by atoms with E-state index in [4.69, 9.17) is 5.73 Å². The quantitative estimate of drug-likeness (QED) is 0.670. The fraction of sp³-hybridized carbons (Fsp3) is 0.500. The average Bonchev–Trinajstić information content (AvgIpc) is 2.47. The smallest absolute Gasteiger partial charge is 0.272 e. The van der Waals surface area contributed by atoms with Gasteiger partial charge in [-0.15, -0.1) is 0 Å². The molecule has 20 heavy (non-hydrogen) atoms. The highest BCUT2D eigenvalue weighted by Gasteiger charge is 2.17. The average molecular weight is 274 g/mol. The molecule has 4 nitrogen and oxygen atoms in total. The summed E-state index contributed by atoms with van der Waals surface area (Å²) in [7, 11) is 0. The van der Waals surface area contributed by atoms with Crippen LogP contribution in [0.3, 0.4) is 0 Å². The first-order valence-electron chi connectivity index (χ1n) is 7.27. The molecule has 0 atom stereocenters. The highest BCUT2D eigenvalue weighted by molar-refractivity contribution is 5.59. The lowest BCUT2D eigenvalue weighted by Gasteiger charge is -2.23. The first-order valence-corrected chi connectivity index (χ1v) is 7.27. The molecule has 0 aromatic heterocycles. The van der Waals surface area contributed by atoms with Crippen LogP contribution >= 0.6 is 0 Å². The van der Waals surface area contributed by atoms with Gasteiger partial charge >= 0.3 is 0 Å².